The zero-order chi connectivity index (χ0) is 14.4. The summed E-state index contributed by atoms with van der Waals surface area (Å²) in [5.74, 6) is 0.586. The molecule has 1 N–H and O–H groups in total. The van der Waals surface area contributed by atoms with Crippen molar-refractivity contribution in [1.29, 1.82) is 0 Å². The summed E-state index contributed by atoms with van der Waals surface area (Å²) in [4.78, 5) is 4.05. The van der Waals surface area contributed by atoms with E-state index in [2.05, 4.69) is 26.2 Å². The third kappa shape index (κ3) is 4.63. The van der Waals surface area contributed by atoms with Crippen molar-refractivity contribution in [1.82, 2.24) is 10.3 Å². The van der Waals surface area contributed by atoms with E-state index in [9.17, 15) is 0 Å². The van der Waals surface area contributed by atoms with Crippen molar-refractivity contribution >= 4 is 39.1 Å². The number of rotatable bonds is 6. The maximum Gasteiger partial charge on any atom is 0.139 e. The first-order valence-corrected chi connectivity index (χ1v) is 7.58. The van der Waals surface area contributed by atoms with E-state index >= 15 is 0 Å². The SMILES string of the molecule is Clc1cc(OCCNCc2cccnc2)c(Cl)cc1Br. The molecule has 3 nitrogen and oxygen atoms in total. The third-order valence-corrected chi connectivity index (χ3v) is 4.06. The second kappa shape index (κ2) is 7.84. The minimum absolute atomic E-state index is 0.512. The van der Waals surface area contributed by atoms with Crippen LogP contribution in [0.2, 0.25) is 10.0 Å². The normalized spacial score (nSPS) is 10.6. The number of nitrogens with one attached hydrogen (secondary N) is 1. The zero-order valence-electron chi connectivity index (χ0n) is 10.6. The summed E-state index contributed by atoms with van der Waals surface area (Å²) in [7, 11) is 0. The van der Waals surface area contributed by atoms with Crippen LogP contribution in [0.4, 0.5) is 0 Å². The summed E-state index contributed by atoms with van der Waals surface area (Å²) in [5, 5.41) is 4.38. The molecular formula is C14H13BrCl2N2O. The Bertz CT molecular complexity index is 567. The zero-order valence-corrected chi connectivity index (χ0v) is 13.7. The highest BCUT2D eigenvalue weighted by molar-refractivity contribution is 9.10. The van der Waals surface area contributed by atoms with Gasteiger partial charge in [0.05, 0.1) is 10.0 Å². The first-order valence-electron chi connectivity index (χ1n) is 6.04. The largest absolute Gasteiger partial charge is 0.491 e. The fourth-order valence-corrected chi connectivity index (χ4v) is 2.43. The quantitative estimate of drug-likeness (QED) is 0.603. The van der Waals surface area contributed by atoms with Gasteiger partial charge in [-0.2, -0.15) is 0 Å². The number of ether oxygens (including phenoxy) is 1. The predicted octanol–water partition coefficient (Wildman–Crippen LogP) is 4.32. The lowest BCUT2D eigenvalue weighted by molar-refractivity contribution is 0.314. The van der Waals surface area contributed by atoms with E-state index in [1.165, 1.54) is 0 Å². The lowest BCUT2D eigenvalue weighted by Gasteiger charge is -2.10. The number of hydrogen-bond acceptors (Lipinski definition) is 3. The van der Waals surface area contributed by atoms with E-state index in [0.717, 1.165) is 16.6 Å². The Morgan fingerprint density at radius 2 is 2.10 bits per heavy atom. The molecule has 0 spiro atoms. The molecule has 1 aromatic carbocycles. The van der Waals surface area contributed by atoms with Crippen molar-refractivity contribution in [3.05, 3.63) is 56.7 Å². The third-order valence-electron chi connectivity index (χ3n) is 2.56. The van der Waals surface area contributed by atoms with Crippen LogP contribution >= 0.6 is 39.1 Å². The molecule has 20 heavy (non-hydrogen) atoms. The van der Waals surface area contributed by atoms with Crippen molar-refractivity contribution in [2.24, 2.45) is 0 Å². The monoisotopic (exact) mass is 374 g/mol. The van der Waals surface area contributed by atoms with Crippen LogP contribution in [0.15, 0.2) is 41.1 Å². The second-order valence-electron chi connectivity index (χ2n) is 4.08. The molecule has 0 bridgehead atoms. The maximum atomic E-state index is 6.07. The average Bonchev–Trinajstić information content (AvgIpc) is 2.45. The molecule has 106 valence electrons. The summed E-state index contributed by atoms with van der Waals surface area (Å²) in [5.41, 5.74) is 1.14. The number of nitrogens with zero attached hydrogens (tertiary/aromatic N) is 1. The van der Waals surface area contributed by atoms with Gasteiger partial charge in [0.2, 0.25) is 0 Å². The Labute approximate surface area is 136 Å². The molecule has 0 amide bonds. The van der Waals surface area contributed by atoms with Gasteiger partial charge < -0.3 is 10.1 Å². The summed E-state index contributed by atoms with van der Waals surface area (Å²) < 4.78 is 6.35. The van der Waals surface area contributed by atoms with Crippen molar-refractivity contribution in [2.75, 3.05) is 13.2 Å². The van der Waals surface area contributed by atoms with Gasteiger partial charge in [-0.05, 0) is 33.6 Å². The van der Waals surface area contributed by atoms with Crippen molar-refractivity contribution < 1.29 is 4.74 Å². The highest BCUT2D eigenvalue weighted by atomic mass is 79.9. The first kappa shape index (κ1) is 15.6. The number of benzene rings is 1. The minimum Gasteiger partial charge on any atom is -0.491 e. The van der Waals surface area contributed by atoms with Gasteiger partial charge in [0.15, 0.2) is 0 Å². The van der Waals surface area contributed by atoms with Crippen LogP contribution in [-0.2, 0) is 6.54 Å². The van der Waals surface area contributed by atoms with Gasteiger partial charge in [0.1, 0.15) is 12.4 Å². The molecular weight excluding hydrogens is 363 g/mol. The minimum atomic E-state index is 0.512. The molecule has 0 fully saturated rings. The molecule has 2 aromatic rings. The molecule has 0 atom stereocenters. The van der Waals surface area contributed by atoms with E-state index in [0.29, 0.717) is 28.9 Å². The standard InChI is InChI=1S/C14H13BrCl2N2O/c15-11-6-13(17)14(7-12(11)16)20-5-4-19-9-10-2-1-3-18-8-10/h1-3,6-8,19H,4-5,9H2. The molecule has 2 rings (SSSR count). The van der Waals surface area contributed by atoms with Gasteiger partial charge in [0.25, 0.3) is 0 Å². The Hall–Kier alpha value is -0.810. The Balaban J connectivity index is 1.75. The molecule has 0 saturated carbocycles. The fraction of sp³-hybridized carbons (Fsp3) is 0.214. The molecule has 1 aromatic heterocycles. The van der Waals surface area contributed by atoms with Crippen LogP contribution in [0.1, 0.15) is 5.56 Å². The molecule has 0 aliphatic rings. The van der Waals surface area contributed by atoms with Crippen molar-refractivity contribution in [2.45, 2.75) is 6.54 Å². The van der Waals surface area contributed by atoms with Gasteiger partial charge in [-0.1, -0.05) is 29.3 Å². The van der Waals surface area contributed by atoms with Gasteiger partial charge in [-0.3, -0.25) is 4.98 Å². The fourth-order valence-electron chi connectivity index (χ4n) is 1.58. The lowest BCUT2D eigenvalue weighted by atomic mass is 10.3. The molecule has 1 heterocycles. The molecule has 0 aliphatic heterocycles. The van der Waals surface area contributed by atoms with Crippen molar-refractivity contribution in [3.63, 3.8) is 0 Å². The van der Waals surface area contributed by atoms with Crippen molar-refractivity contribution in [3.8, 4) is 5.75 Å². The van der Waals surface area contributed by atoms with E-state index in [-0.39, 0.29) is 0 Å². The van der Waals surface area contributed by atoms with Gasteiger partial charge in [-0.25, -0.2) is 0 Å². The van der Waals surface area contributed by atoms with Crippen LogP contribution in [0, 0.1) is 0 Å². The summed E-state index contributed by atoms with van der Waals surface area (Å²) in [6, 6.07) is 7.36. The topological polar surface area (TPSA) is 34.1 Å². The van der Waals surface area contributed by atoms with E-state index < -0.39 is 0 Å². The van der Waals surface area contributed by atoms with Gasteiger partial charge in [0, 0.05) is 36.0 Å². The van der Waals surface area contributed by atoms with E-state index in [1.54, 1.807) is 18.3 Å². The Kier molecular flexibility index (Phi) is 6.10. The number of hydrogen-bond donors (Lipinski definition) is 1. The molecule has 0 radical (unpaired) electrons. The smallest absolute Gasteiger partial charge is 0.139 e. The van der Waals surface area contributed by atoms with E-state index in [1.807, 2.05) is 18.3 Å². The van der Waals surface area contributed by atoms with E-state index in [4.69, 9.17) is 27.9 Å². The Morgan fingerprint density at radius 3 is 2.85 bits per heavy atom. The highest BCUT2D eigenvalue weighted by Crippen LogP contribution is 2.33. The van der Waals surface area contributed by atoms with Crippen LogP contribution < -0.4 is 10.1 Å². The molecule has 0 aliphatic carbocycles. The summed E-state index contributed by atoms with van der Waals surface area (Å²) >= 11 is 15.4. The van der Waals surface area contributed by atoms with Crippen LogP contribution in [0.3, 0.4) is 0 Å². The maximum absolute atomic E-state index is 6.07. The number of pyridine rings is 1. The summed E-state index contributed by atoms with van der Waals surface area (Å²) in [6.45, 7) is 1.98. The average molecular weight is 376 g/mol. The van der Waals surface area contributed by atoms with Crippen LogP contribution in [0.25, 0.3) is 0 Å². The van der Waals surface area contributed by atoms with Crippen LogP contribution in [-0.4, -0.2) is 18.1 Å². The van der Waals surface area contributed by atoms with Gasteiger partial charge in [-0.15, -0.1) is 0 Å². The number of halogens is 3. The first-order chi connectivity index (χ1) is 9.66. The van der Waals surface area contributed by atoms with Gasteiger partial charge >= 0.3 is 0 Å². The Morgan fingerprint density at radius 1 is 1.25 bits per heavy atom. The predicted molar refractivity (Wildman–Crippen MR) is 85.6 cm³/mol. The second-order valence-corrected chi connectivity index (χ2v) is 5.75. The number of aromatic nitrogens is 1. The molecule has 0 unspecified atom stereocenters. The van der Waals surface area contributed by atoms with Crippen LogP contribution in [0.5, 0.6) is 5.75 Å². The highest BCUT2D eigenvalue weighted by Gasteiger charge is 2.06. The lowest BCUT2D eigenvalue weighted by Crippen LogP contribution is -2.20. The molecule has 0 saturated heterocycles. The molecule has 6 heteroatoms. The summed E-state index contributed by atoms with van der Waals surface area (Å²) in [6.07, 6.45) is 3.59.